The second kappa shape index (κ2) is 10.9. The van der Waals surface area contributed by atoms with Crippen molar-refractivity contribution < 1.29 is 14.3 Å². The summed E-state index contributed by atoms with van der Waals surface area (Å²) in [6.07, 6.45) is 1.78. The Kier molecular flexibility index (Phi) is 7.67. The third-order valence-corrected chi connectivity index (χ3v) is 6.82. The Morgan fingerprint density at radius 2 is 1.91 bits per heavy atom. The molecule has 0 bridgehead atoms. The van der Waals surface area contributed by atoms with Gasteiger partial charge in [0, 0.05) is 10.7 Å². The maximum atomic E-state index is 12.9. The number of rotatable bonds is 7. The molecule has 1 N–H and O–H groups in total. The minimum Gasteiger partial charge on any atom is -0.484 e. The van der Waals surface area contributed by atoms with Gasteiger partial charge in [0.15, 0.2) is 6.61 Å². The number of hydrogen-bond acceptors (Lipinski definition) is 5. The minimum absolute atomic E-state index is 0.124. The summed E-state index contributed by atoms with van der Waals surface area (Å²) in [6.45, 7) is 2.17. The van der Waals surface area contributed by atoms with Crippen LogP contribution in [-0.4, -0.2) is 27.6 Å². The van der Waals surface area contributed by atoms with Crippen LogP contribution in [0.5, 0.6) is 5.75 Å². The average molecular weight is 509 g/mol. The quantitative estimate of drug-likeness (QED) is 0.310. The highest BCUT2D eigenvalue weighted by Gasteiger charge is 2.31. The molecule has 34 heavy (non-hydrogen) atoms. The molecule has 0 saturated carbocycles. The maximum absolute atomic E-state index is 12.9. The van der Waals surface area contributed by atoms with Crippen molar-refractivity contribution in [2.45, 2.75) is 13.5 Å². The fourth-order valence-corrected chi connectivity index (χ4v) is 4.70. The van der Waals surface area contributed by atoms with Gasteiger partial charge in [0.1, 0.15) is 10.1 Å². The number of nitrogens with one attached hydrogen (secondary N) is 1. The van der Waals surface area contributed by atoms with E-state index in [1.54, 1.807) is 35.2 Å². The molecule has 0 unspecified atom stereocenters. The third-order valence-electron chi connectivity index (χ3n) is 5.04. The number of nitrogens with zero attached hydrogens (tertiary/aromatic N) is 1. The van der Waals surface area contributed by atoms with Crippen LogP contribution in [-0.2, 0) is 16.1 Å². The molecule has 1 fully saturated rings. The monoisotopic (exact) mass is 508 g/mol. The van der Waals surface area contributed by atoms with Crippen LogP contribution in [0.15, 0.2) is 77.7 Å². The zero-order valence-corrected chi connectivity index (χ0v) is 20.7. The summed E-state index contributed by atoms with van der Waals surface area (Å²) < 4.78 is 6.17. The van der Waals surface area contributed by atoms with Crippen molar-refractivity contribution in [3.63, 3.8) is 0 Å². The van der Waals surface area contributed by atoms with E-state index in [-0.39, 0.29) is 18.4 Å². The summed E-state index contributed by atoms with van der Waals surface area (Å²) in [5, 5.41) is 3.34. The van der Waals surface area contributed by atoms with E-state index >= 15 is 0 Å². The minimum atomic E-state index is -0.299. The lowest BCUT2D eigenvalue weighted by atomic mass is 10.2. The fraction of sp³-hybridized carbons (Fsp3) is 0.115. The van der Waals surface area contributed by atoms with E-state index in [4.69, 9.17) is 28.6 Å². The average Bonchev–Trinajstić information content (AvgIpc) is 3.08. The van der Waals surface area contributed by atoms with E-state index in [1.807, 2.05) is 55.5 Å². The number of hydrogen-bond donors (Lipinski definition) is 1. The van der Waals surface area contributed by atoms with Crippen molar-refractivity contribution in [2.24, 2.45) is 0 Å². The third kappa shape index (κ3) is 6.05. The SMILES string of the molecule is Cc1ccc(NC(=O)COc2cccc(/C=C3\SC(=S)N(Cc4ccccc4)C3=O)c2)cc1Cl. The number of carbonyl (C=O) groups excluding carboxylic acids is 2. The van der Waals surface area contributed by atoms with Gasteiger partial charge in [-0.25, -0.2) is 0 Å². The highest BCUT2D eigenvalue weighted by Crippen LogP contribution is 2.34. The summed E-state index contributed by atoms with van der Waals surface area (Å²) in [6, 6.07) is 22.3. The fourth-order valence-electron chi connectivity index (χ4n) is 3.26. The first-order chi connectivity index (χ1) is 16.4. The van der Waals surface area contributed by atoms with Crippen LogP contribution in [0.4, 0.5) is 5.69 Å². The van der Waals surface area contributed by atoms with E-state index in [2.05, 4.69) is 5.32 Å². The molecule has 0 radical (unpaired) electrons. The number of carbonyl (C=O) groups is 2. The van der Waals surface area contributed by atoms with Gasteiger partial charge >= 0.3 is 0 Å². The van der Waals surface area contributed by atoms with Gasteiger partial charge in [-0.05, 0) is 54.0 Å². The Bertz CT molecular complexity index is 1280. The lowest BCUT2D eigenvalue weighted by molar-refractivity contribution is -0.122. The number of benzene rings is 3. The number of ether oxygens (including phenoxy) is 1. The van der Waals surface area contributed by atoms with Gasteiger partial charge in [-0.2, -0.15) is 0 Å². The van der Waals surface area contributed by atoms with Gasteiger partial charge in [-0.15, -0.1) is 0 Å². The smallest absolute Gasteiger partial charge is 0.266 e. The molecule has 0 spiro atoms. The van der Waals surface area contributed by atoms with Crippen LogP contribution in [0.2, 0.25) is 5.02 Å². The first-order valence-electron chi connectivity index (χ1n) is 10.5. The van der Waals surface area contributed by atoms with E-state index in [9.17, 15) is 9.59 Å². The normalized spacial score (nSPS) is 14.5. The van der Waals surface area contributed by atoms with E-state index < -0.39 is 0 Å². The molecule has 8 heteroatoms. The summed E-state index contributed by atoms with van der Waals surface area (Å²) >= 11 is 12.8. The molecule has 0 aliphatic carbocycles. The van der Waals surface area contributed by atoms with Crippen LogP contribution in [0.25, 0.3) is 6.08 Å². The van der Waals surface area contributed by atoms with Gasteiger partial charge in [0.25, 0.3) is 11.8 Å². The summed E-state index contributed by atoms with van der Waals surface area (Å²) in [5.41, 5.74) is 3.34. The lowest BCUT2D eigenvalue weighted by Crippen LogP contribution is -2.27. The second-order valence-corrected chi connectivity index (χ2v) is 9.71. The molecule has 2 amide bonds. The molecule has 5 nitrogen and oxygen atoms in total. The molecular weight excluding hydrogens is 488 g/mol. The van der Waals surface area contributed by atoms with Crippen LogP contribution < -0.4 is 10.1 Å². The van der Waals surface area contributed by atoms with Crippen molar-refractivity contribution in [3.05, 3.63) is 99.4 Å². The van der Waals surface area contributed by atoms with Gasteiger partial charge in [0.2, 0.25) is 0 Å². The van der Waals surface area contributed by atoms with Gasteiger partial charge in [0.05, 0.1) is 11.4 Å². The summed E-state index contributed by atoms with van der Waals surface area (Å²) in [7, 11) is 0. The van der Waals surface area contributed by atoms with E-state index in [0.29, 0.717) is 32.2 Å². The van der Waals surface area contributed by atoms with E-state index in [0.717, 1.165) is 16.7 Å². The molecule has 0 atom stereocenters. The van der Waals surface area contributed by atoms with E-state index in [1.165, 1.54) is 11.8 Å². The van der Waals surface area contributed by atoms with Crippen molar-refractivity contribution in [3.8, 4) is 5.75 Å². The Morgan fingerprint density at radius 1 is 1.12 bits per heavy atom. The zero-order valence-electron chi connectivity index (χ0n) is 18.3. The predicted octanol–water partition coefficient (Wildman–Crippen LogP) is 6.07. The summed E-state index contributed by atoms with van der Waals surface area (Å²) in [4.78, 5) is 27.3. The molecule has 3 aromatic rings. The standard InChI is InChI=1S/C26H21ClN2O3S2/c1-17-10-11-20(14-22(17)27)28-24(30)16-32-21-9-5-8-19(12-21)13-23-25(31)29(26(33)34-23)15-18-6-3-2-4-7-18/h2-14H,15-16H2,1H3,(H,28,30)/b23-13-. The summed E-state index contributed by atoms with van der Waals surface area (Å²) in [5.74, 6) is 0.0963. The zero-order chi connectivity index (χ0) is 24.1. The largest absolute Gasteiger partial charge is 0.484 e. The molecule has 0 aromatic heterocycles. The Balaban J connectivity index is 1.38. The lowest BCUT2D eigenvalue weighted by Gasteiger charge is -2.14. The number of amides is 2. The topological polar surface area (TPSA) is 58.6 Å². The van der Waals surface area contributed by atoms with Crippen molar-refractivity contribution in [2.75, 3.05) is 11.9 Å². The predicted molar refractivity (Wildman–Crippen MR) is 142 cm³/mol. The molecule has 3 aromatic carbocycles. The number of halogens is 1. The van der Waals surface area contributed by atoms with Crippen LogP contribution in [0.1, 0.15) is 16.7 Å². The first kappa shape index (κ1) is 24.0. The molecular formula is C26H21ClN2O3S2. The highest BCUT2D eigenvalue weighted by atomic mass is 35.5. The van der Waals surface area contributed by atoms with Gasteiger partial charge in [-0.3, -0.25) is 14.5 Å². The number of thioether (sulfide) groups is 1. The molecule has 4 rings (SSSR count). The van der Waals surface area contributed by atoms with Crippen molar-refractivity contribution in [1.29, 1.82) is 0 Å². The Hall–Kier alpha value is -3.13. The first-order valence-corrected chi connectivity index (χ1v) is 12.1. The van der Waals surface area contributed by atoms with Crippen molar-refractivity contribution in [1.82, 2.24) is 4.90 Å². The van der Waals surface area contributed by atoms with Gasteiger partial charge < -0.3 is 10.1 Å². The van der Waals surface area contributed by atoms with Crippen molar-refractivity contribution >= 4 is 63.5 Å². The van der Waals surface area contributed by atoms with Crippen LogP contribution in [0, 0.1) is 6.92 Å². The van der Waals surface area contributed by atoms with Gasteiger partial charge in [-0.1, -0.05) is 84.1 Å². The number of thiocarbonyl (C=S) groups is 1. The molecule has 1 heterocycles. The molecule has 1 aliphatic rings. The van der Waals surface area contributed by atoms with Crippen LogP contribution in [0.3, 0.4) is 0 Å². The van der Waals surface area contributed by atoms with Crippen LogP contribution >= 0.6 is 35.6 Å². The molecule has 1 aliphatic heterocycles. The Morgan fingerprint density at radius 3 is 2.68 bits per heavy atom. The highest BCUT2D eigenvalue weighted by molar-refractivity contribution is 8.26. The Labute approximate surface area is 212 Å². The molecule has 172 valence electrons. The second-order valence-electron chi connectivity index (χ2n) is 7.63. The molecule has 1 saturated heterocycles. The number of anilines is 1. The number of aryl methyl sites for hydroxylation is 1. The maximum Gasteiger partial charge on any atom is 0.266 e.